The fraction of sp³-hybridized carbons (Fsp3) is 0.350. The molecular weight excluding hydrogens is 312 g/mol. The van der Waals surface area contributed by atoms with Crippen LogP contribution in [0.1, 0.15) is 19.8 Å². The monoisotopic (exact) mass is 336 g/mol. The van der Waals surface area contributed by atoms with Crippen molar-refractivity contribution >= 4 is 22.4 Å². The maximum absolute atomic E-state index is 12.5. The third kappa shape index (κ3) is 3.20. The number of H-pyrrole nitrogens is 1. The van der Waals surface area contributed by atoms with E-state index < -0.39 is 0 Å². The number of imidazole rings is 1. The minimum Gasteiger partial charge on any atom is -0.355 e. The number of benzene rings is 2. The summed E-state index contributed by atoms with van der Waals surface area (Å²) in [5.41, 5.74) is 3.85. The molecule has 2 heterocycles. The zero-order chi connectivity index (χ0) is 17.2. The quantitative estimate of drug-likeness (QED) is 0.749. The number of fused-ring (bicyclic) bond motifs is 1. The van der Waals surface area contributed by atoms with Crippen LogP contribution in [-0.2, 0) is 6.54 Å². The topological polar surface area (TPSA) is 53.1 Å². The highest BCUT2D eigenvalue weighted by atomic mass is 16.1. The van der Waals surface area contributed by atoms with Crippen molar-refractivity contribution in [1.82, 2.24) is 14.5 Å². The molecule has 5 nitrogen and oxygen atoms in total. The summed E-state index contributed by atoms with van der Waals surface area (Å²) >= 11 is 0. The molecule has 1 aromatic heterocycles. The molecule has 1 atom stereocenters. The van der Waals surface area contributed by atoms with Crippen molar-refractivity contribution in [3.8, 4) is 0 Å². The van der Waals surface area contributed by atoms with Gasteiger partial charge in [-0.25, -0.2) is 4.79 Å². The lowest BCUT2D eigenvalue weighted by Crippen LogP contribution is -2.35. The van der Waals surface area contributed by atoms with E-state index in [1.54, 1.807) is 0 Å². The molecule has 2 N–H and O–H groups in total. The van der Waals surface area contributed by atoms with Gasteiger partial charge in [-0.3, -0.25) is 9.47 Å². The molecule has 5 heteroatoms. The van der Waals surface area contributed by atoms with E-state index in [2.05, 4.69) is 22.1 Å². The lowest BCUT2D eigenvalue weighted by atomic mass is 10.2. The Labute approximate surface area is 147 Å². The Hall–Kier alpha value is -2.53. The van der Waals surface area contributed by atoms with Gasteiger partial charge in [0, 0.05) is 24.0 Å². The third-order valence-electron chi connectivity index (χ3n) is 5.14. The van der Waals surface area contributed by atoms with Crippen LogP contribution >= 0.6 is 0 Å². The lowest BCUT2D eigenvalue weighted by Gasteiger charge is -2.22. The summed E-state index contributed by atoms with van der Waals surface area (Å²) in [5, 5.41) is 3.37. The standard InChI is InChI=1S/C20H24N4O/c1-2-23-12-6-9-17(23)14-24-19-11-10-16(13-18(19)22-20(24)25)21-15-7-4-3-5-8-15/h3-5,7-8,10-11,13,17,21H,2,6,9,12,14H2,1H3,(H,22,25). The van der Waals surface area contributed by atoms with Crippen LogP contribution in [0, 0.1) is 0 Å². The van der Waals surface area contributed by atoms with E-state index in [1.165, 1.54) is 12.8 Å². The van der Waals surface area contributed by atoms with Gasteiger partial charge in [-0.1, -0.05) is 25.1 Å². The average Bonchev–Trinajstić information content (AvgIpc) is 3.20. The summed E-state index contributed by atoms with van der Waals surface area (Å²) in [4.78, 5) is 17.9. The Balaban J connectivity index is 1.61. The molecule has 3 aromatic rings. The summed E-state index contributed by atoms with van der Waals surface area (Å²) < 4.78 is 1.89. The van der Waals surface area contributed by atoms with Crippen LogP contribution in [0.25, 0.3) is 11.0 Å². The Morgan fingerprint density at radius 1 is 1.16 bits per heavy atom. The molecule has 130 valence electrons. The fourth-order valence-electron chi connectivity index (χ4n) is 3.84. The van der Waals surface area contributed by atoms with E-state index in [-0.39, 0.29) is 5.69 Å². The molecule has 25 heavy (non-hydrogen) atoms. The number of nitrogens with one attached hydrogen (secondary N) is 2. The number of likely N-dealkylation sites (N-methyl/N-ethyl adjacent to an activating group) is 1. The van der Waals surface area contributed by atoms with E-state index in [1.807, 2.05) is 53.1 Å². The van der Waals surface area contributed by atoms with E-state index in [4.69, 9.17) is 0 Å². The second-order valence-electron chi connectivity index (χ2n) is 6.69. The van der Waals surface area contributed by atoms with Gasteiger partial charge in [0.05, 0.1) is 11.0 Å². The van der Waals surface area contributed by atoms with Gasteiger partial charge in [-0.2, -0.15) is 0 Å². The molecular formula is C20H24N4O. The average molecular weight is 336 g/mol. The first-order valence-electron chi connectivity index (χ1n) is 9.03. The largest absolute Gasteiger partial charge is 0.355 e. The fourth-order valence-corrected chi connectivity index (χ4v) is 3.84. The molecule has 0 amide bonds. The van der Waals surface area contributed by atoms with Crippen molar-refractivity contribution in [2.45, 2.75) is 32.4 Å². The summed E-state index contributed by atoms with van der Waals surface area (Å²) in [6.45, 7) is 5.15. The van der Waals surface area contributed by atoms with Gasteiger partial charge >= 0.3 is 5.69 Å². The number of rotatable bonds is 5. The van der Waals surface area contributed by atoms with Crippen molar-refractivity contribution in [3.63, 3.8) is 0 Å². The maximum atomic E-state index is 12.5. The molecule has 0 spiro atoms. The van der Waals surface area contributed by atoms with Crippen molar-refractivity contribution in [2.75, 3.05) is 18.4 Å². The van der Waals surface area contributed by atoms with Crippen molar-refractivity contribution in [3.05, 3.63) is 59.0 Å². The summed E-state index contributed by atoms with van der Waals surface area (Å²) in [6, 6.07) is 16.6. The molecule has 2 aromatic carbocycles. The van der Waals surface area contributed by atoms with Gasteiger partial charge in [0.15, 0.2) is 0 Å². The molecule has 0 bridgehead atoms. The van der Waals surface area contributed by atoms with Gasteiger partial charge in [0.2, 0.25) is 0 Å². The maximum Gasteiger partial charge on any atom is 0.326 e. The highest BCUT2D eigenvalue weighted by Crippen LogP contribution is 2.23. The molecule has 1 aliphatic heterocycles. The normalized spacial score (nSPS) is 18.0. The number of para-hydroxylation sites is 1. The van der Waals surface area contributed by atoms with Crippen LogP contribution in [0.3, 0.4) is 0 Å². The summed E-state index contributed by atoms with van der Waals surface area (Å²) in [6.07, 6.45) is 2.39. The zero-order valence-electron chi connectivity index (χ0n) is 14.5. The Bertz CT molecular complexity index is 912. The van der Waals surface area contributed by atoms with Gasteiger partial charge in [0.1, 0.15) is 0 Å². The summed E-state index contributed by atoms with van der Waals surface area (Å²) in [7, 11) is 0. The Kier molecular flexibility index (Phi) is 4.32. The van der Waals surface area contributed by atoms with Crippen LogP contribution in [0.5, 0.6) is 0 Å². The first kappa shape index (κ1) is 16.0. The molecule has 0 radical (unpaired) electrons. The number of hydrogen-bond acceptors (Lipinski definition) is 3. The molecule has 0 saturated carbocycles. The van der Waals surface area contributed by atoms with E-state index >= 15 is 0 Å². The predicted molar refractivity (Wildman–Crippen MR) is 103 cm³/mol. The molecule has 1 saturated heterocycles. The van der Waals surface area contributed by atoms with Crippen LogP contribution in [0.15, 0.2) is 53.3 Å². The SMILES string of the molecule is CCN1CCCC1Cn1c(=O)[nH]c2cc(Nc3ccccc3)ccc21. The molecule has 1 unspecified atom stereocenters. The van der Waals surface area contributed by atoms with E-state index in [0.717, 1.165) is 42.0 Å². The third-order valence-corrected chi connectivity index (χ3v) is 5.14. The number of anilines is 2. The summed E-state index contributed by atoms with van der Waals surface area (Å²) in [5.74, 6) is 0. The Morgan fingerprint density at radius 3 is 2.80 bits per heavy atom. The van der Waals surface area contributed by atoms with Gasteiger partial charge < -0.3 is 10.3 Å². The molecule has 1 aliphatic rings. The van der Waals surface area contributed by atoms with Crippen LogP contribution in [0.2, 0.25) is 0 Å². The Morgan fingerprint density at radius 2 is 2.00 bits per heavy atom. The molecule has 0 aliphatic carbocycles. The van der Waals surface area contributed by atoms with E-state index in [0.29, 0.717) is 6.04 Å². The predicted octanol–water partition coefficient (Wildman–Crippen LogP) is 3.56. The lowest BCUT2D eigenvalue weighted by molar-refractivity contribution is 0.244. The molecule has 4 rings (SSSR count). The number of aromatic nitrogens is 2. The van der Waals surface area contributed by atoms with Crippen LogP contribution in [0.4, 0.5) is 11.4 Å². The number of likely N-dealkylation sites (tertiary alicyclic amines) is 1. The number of hydrogen-bond donors (Lipinski definition) is 2. The minimum atomic E-state index is -0.0187. The van der Waals surface area contributed by atoms with Crippen molar-refractivity contribution in [2.24, 2.45) is 0 Å². The highest BCUT2D eigenvalue weighted by molar-refractivity contribution is 5.80. The highest BCUT2D eigenvalue weighted by Gasteiger charge is 2.24. The zero-order valence-corrected chi connectivity index (χ0v) is 14.5. The first-order valence-corrected chi connectivity index (χ1v) is 9.03. The second kappa shape index (κ2) is 6.76. The minimum absolute atomic E-state index is 0.0187. The van der Waals surface area contributed by atoms with Crippen molar-refractivity contribution < 1.29 is 0 Å². The number of nitrogens with zero attached hydrogens (tertiary/aromatic N) is 2. The molecule has 1 fully saturated rings. The van der Waals surface area contributed by atoms with Gasteiger partial charge in [-0.15, -0.1) is 0 Å². The number of aromatic amines is 1. The van der Waals surface area contributed by atoms with Crippen molar-refractivity contribution in [1.29, 1.82) is 0 Å². The van der Waals surface area contributed by atoms with Crippen LogP contribution in [-0.4, -0.2) is 33.6 Å². The first-order chi connectivity index (χ1) is 12.2. The van der Waals surface area contributed by atoms with Crippen LogP contribution < -0.4 is 11.0 Å². The smallest absolute Gasteiger partial charge is 0.326 e. The van der Waals surface area contributed by atoms with E-state index in [9.17, 15) is 4.79 Å². The van der Waals surface area contributed by atoms with Gasteiger partial charge in [-0.05, 0) is 56.3 Å². The van der Waals surface area contributed by atoms with Gasteiger partial charge in [0.25, 0.3) is 0 Å². The second-order valence-corrected chi connectivity index (χ2v) is 6.69.